The number of methoxy groups -OCH3 is 1. The first-order valence-electron chi connectivity index (χ1n) is 10.7. The van der Waals surface area contributed by atoms with Gasteiger partial charge in [0, 0.05) is 23.9 Å². The summed E-state index contributed by atoms with van der Waals surface area (Å²) in [6, 6.07) is 5.65. The average Bonchev–Trinajstić information content (AvgIpc) is 3.14. The van der Waals surface area contributed by atoms with Gasteiger partial charge in [0.1, 0.15) is 16.9 Å². The van der Waals surface area contributed by atoms with Gasteiger partial charge in [-0.05, 0) is 57.4 Å². The Morgan fingerprint density at radius 2 is 2.00 bits per heavy atom. The van der Waals surface area contributed by atoms with E-state index in [2.05, 4.69) is 15.1 Å². The third kappa shape index (κ3) is 4.88. The van der Waals surface area contributed by atoms with Crippen molar-refractivity contribution in [3.05, 3.63) is 40.7 Å². The molecule has 1 aliphatic rings. The lowest BCUT2D eigenvalue weighted by molar-refractivity contribution is 0.0111. The minimum Gasteiger partial charge on any atom is -0.467 e. The lowest BCUT2D eigenvalue weighted by atomic mass is 9.85. The Kier molecular flexibility index (Phi) is 6.18. The predicted octanol–water partition coefficient (Wildman–Crippen LogP) is 4.85. The standard InChI is InChI=1S/C23H27ClFN5O3/c1-13-8-14-11-26-30(20-10-19(24)27-21(28-20)32-5)18(14)9-16(13)15-6-7-29(12-17(15)25)22(31)33-23(2,3)4/h8-11,15,17H,6-7,12H2,1-5H3/t15-,17-/m1/s1. The van der Waals surface area contributed by atoms with Gasteiger partial charge in [0.05, 0.1) is 25.4 Å². The molecule has 2 atom stereocenters. The molecule has 2 aromatic heterocycles. The molecule has 176 valence electrons. The number of carbonyl (C=O) groups is 1. The summed E-state index contributed by atoms with van der Waals surface area (Å²) in [5, 5.41) is 5.57. The van der Waals surface area contributed by atoms with Gasteiger partial charge in [0.25, 0.3) is 0 Å². The maximum atomic E-state index is 15.3. The number of fused-ring (bicyclic) bond motifs is 1. The van der Waals surface area contributed by atoms with Gasteiger partial charge in [0.2, 0.25) is 0 Å². The van der Waals surface area contributed by atoms with Crippen LogP contribution in [0.4, 0.5) is 9.18 Å². The number of rotatable bonds is 3. The highest BCUT2D eigenvalue weighted by molar-refractivity contribution is 6.29. The van der Waals surface area contributed by atoms with Crippen molar-refractivity contribution in [1.82, 2.24) is 24.6 Å². The normalized spacial score (nSPS) is 19.1. The van der Waals surface area contributed by atoms with E-state index >= 15 is 4.39 Å². The second-order valence-electron chi connectivity index (χ2n) is 9.20. The molecule has 8 nitrogen and oxygen atoms in total. The summed E-state index contributed by atoms with van der Waals surface area (Å²) in [4.78, 5) is 22.2. The number of amides is 1. The molecule has 0 spiro atoms. The van der Waals surface area contributed by atoms with E-state index in [4.69, 9.17) is 21.1 Å². The molecule has 0 radical (unpaired) electrons. The fraction of sp³-hybridized carbons (Fsp3) is 0.478. The van der Waals surface area contributed by atoms with Crippen molar-refractivity contribution in [1.29, 1.82) is 0 Å². The number of benzene rings is 1. The van der Waals surface area contributed by atoms with E-state index in [1.54, 1.807) is 37.7 Å². The van der Waals surface area contributed by atoms with Crippen molar-refractivity contribution in [2.45, 2.75) is 51.8 Å². The highest BCUT2D eigenvalue weighted by Gasteiger charge is 2.35. The van der Waals surface area contributed by atoms with E-state index in [1.165, 1.54) is 12.0 Å². The molecule has 0 saturated carbocycles. The molecular formula is C23H27ClFN5O3. The third-order valence-electron chi connectivity index (χ3n) is 5.61. The molecule has 0 aliphatic carbocycles. The van der Waals surface area contributed by atoms with Crippen LogP contribution >= 0.6 is 11.6 Å². The molecule has 0 bridgehead atoms. The number of ether oxygens (including phenoxy) is 2. The van der Waals surface area contributed by atoms with E-state index in [-0.39, 0.29) is 23.6 Å². The van der Waals surface area contributed by atoms with Gasteiger partial charge >= 0.3 is 12.1 Å². The first kappa shape index (κ1) is 23.2. The second kappa shape index (κ2) is 8.78. The average molecular weight is 476 g/mol. The Hall–Kier alpha value is -2.94. The molecule has 3 heterocycles. The smallest absolute Gasteiger partial charge is 0.410 e. The van der Waals surface area contributed by atoms with Crippen molar-refractivity contribution in [3.63, 3.8) is 0 Å². The number of aromatic nitrogens is 4. The SMILES string of the molecule is COc1nc(Cl)cc(-n2ncc3cc(C)c([C@H]4CCN(C(=O)OC(C)(C)C)C[C@H]4F)cc32)n1. The van der Waals surface area contributed by atoms with Crippen LogP contribution < -0.4 is 4.74 Å². The topological polar surface area (TPSA) is 82.4 Å². The maximum absolute atomic E-state index is 15.3. The molecule has 1 amide bonds. The van der Waals surface area contributed by atoms with Crippen molar-refractivity contribution in [2.75, 3.05) is 20.2 Å². The minimum atomic E-state index is -1.22. The van der Waals surface area contributed by atoms with E-state index < -0.39 is 17.9 Å². The minimum absolute atomic E-state index is 0.00492. The number of alkyl halides is 1. The Bertz CT molecular complexity index is 1190. The van der Waals surface area contributed by atoms with Crippen LogP contribution in [0.15, 0.2) is 24.4 Å². The maximum Gasteiger partial charge on any atom is 0.410 e. The molecule has 1 aliphatic heterocycles. The van der Waals surface area contributed by atoms with E-state index in [9.17, 15) is 4.79 Å². The Balaban J connectivity index is 1.64. The summed E-state index contributed by atoms with van der Waals surface area (Å²) in [5.74, 6) is 0.105. The van der Waals surface area contributed by atoms with Gasteiger partial charge in [-0.15, -0.1) is 0 Å². The summed E-state index contributed by atoms with van der Waals surface area (Å²) >= 11 is 6.11. The molecule has 33 heavy (non-hydrogen) atoms. The van der Waals surface area contributed by atoms with Crippen molar-refractivity contribution in [3.8, 4) is 11.8 Å². The molecule has 1 fully saturated rings. The van der Waals surface area contributed by atoms with Gasteiger partial charge in [-0.2, -0.15) is 15.1 Å². The number of halogens is 2. The lowest BCUT2D eigenvalue weighted by Crippen LogP contribution is -2.46. The van der Waals surface area contributed by atoms with Crippen molar-refractivity contribution in [2.24, 2.45) is 0 Å². The van der Waals surface area contributed by atoms with Gasteiger partial charge in [-0.25, -0.2) is 13.9 Å². The number of hydrogen-bond acceptors (Lipinski definition) is 6. The van der Waals surface area contributed by atoms with Crippen LogP contribution in [-0.2, 0) is 4.74 Å². The predicted molar refractivity (Wildman–Crippen MR) is 123 cm³/mol. The van der Waals surface area contributed by atoms with Gasteiger partial charge in [-0.1, -0.05) is 11.6 Å². The summed E-state index contributed by atoms with van der Waals surface area (Å²) in [6.45, 7) is 7.78. The van der Waals surface area contributed by atoms with Gasteiger partial charge in [-0.3, -0.25) is 0 Å². The van der Waals surface area contributed by atoms with Crippen LogP contribution in [0.1, 0.15) is 44.2 Å². The zero-order valence-corrected chi connectivity index (χ0v) is 20.1. The molecule has 0 unspecified atom stereocenters. The first-order valence-corrected chi connectivity index (χ1v) is 11.1. The number of carbonyl (C=O) groups excluding carboxylic acids is 1. The molecule has 1 aromatic carbocycles. The zero-order chi connectivity index (χ0) is 23.9. The number of piperidine rings is 1. The van der Waals surface area contributed by atoms with Gasteiger partial charge < -0.3 is 14.4 Å². The summed E-state index contributed by atoms with van der Waals surface area (Å²) in [7, 11) is 1.46. The Morgan fingerprint density at radius 3 is 2.67 bits per heavy atom. The second-order valence-corrected chi connectivity index (χ2v) is 9.58. The van der Waals surface area contributed by atoms with Crippen LogP contribution in [0.25, 0.3) is 16.7 Å². The van der Waals surface area contributed by atoms with E-state index in [0.717, 1.165) is 22.0 Å². The quantitative estimate of drug-likeness (QED) is 0.504. The zero-order valence-electron chi connectivity index (χ0n) is 19.3. The van der Waals surface area contributed by atoms with E-state index in [1.807, 2.05) is 19.1 Å². The highest BCUT2D eigenvalue weighted by Crippen LogP contribution is 2.35. The molecule has 3 aromatic rings. The van der Waals surface area contributed by atoms with Crippen LogP contribution in [-0.4, -0.2) is 62.7 Å². The Labute approximate surface area is 196 Å². The fourth-order valence-electron chi connectivity index (χ4n) is 4.12. The monoisotopic (exact) mass is 475 g/mol. The fourth-order valence-corrected chi connectivity index (χ4v) is 4.29. The van der Waals surface area contributed by atoms with Crippen LogP contribution in [0, 0.1) is 6.92 Å². The molecule has 4 rings (SSSR count). The van der Waals surface area contributed by atoms with Crippen LogP contribution in [0.3, 0.4) is 0 Å². The number of aryl methyl sites for hydroxylation is 1. The molecule has 10 heteroatoms. The number of nitrogens with zero attached hydrogens (tertiary/aromatic N) is 5. The Morgan fingerprint density at radius 1 is 1.24 bits per heavy atom. The van der Waals surface area contributed by atoms with Crippen LogP contribution in [0.2, 0.25) is 5.15 Å². The van der Waals surface area contributed by atoms with E-state index in [0.29, 0.717) is 18.8 Å². The highest BCUT2D eigenvalue weighted by atomic mass is 35.5. The van der Waals surface area contributed by atoms with Crippen LogP contribution in [0.5, 0.6) is 6.01 Å². The third-order valence-corrected chi connectivity index (χ3v) is 5.80. The molecule has 0 N–H and O–H groups in total. The summed E-state index contributed by atoms with van der Waals surface area (Å²) in [6.07, 6.45) is 0.525. The summed E-state index contributed by atoms with van der Waals surface area (Å²) < 4.78 is 27.5. The number of hydrogen-bond donors (Lipinski definition) is 0. The largest absolute Gasteiger partial charge is 0.467 e. The first-order chi connectivity index (χ1) is 15.6. The molecular weight excluding hydrogens is 449 g/mol. The summed E-state index contributed by atoms with van der Waals surface area (Å²) in [5.41, 5.74) is 2.01. The van der Waals surface area contributed by atoms with Crippen molar-refractivity contribution < 1.29 is 18.7 Å². The van der Waals surface area contributed by atoms with Gasteiger partial charge in [0.15, 0.2) is 5.82 Å². The number of likely N-dealkylation sites (tertiary alicyclic amines) is 1. The van der Waals surface area contributed by atoms with Crippen molar-refractivity contribution >= 4 is 28.6 Å². The lowest BCUT2D eigenvalue weighted by Gasteiger charge is -2.36. The molecule has 1 saturated heterocycles.